The molecule has 1 aliphatic rings. The van der Waals surface area contributed by atoms with E-state index in [2.05, 4.69) is 23.4 Å². The zero-order chi connectivity index (χ0) is 20.3. The Morgan fingerprint density at radius 2 is 2.00 bits per heavy atom. The summed E-state index contributed by atoms with van der Waals surface area (Å²) in [6.45, 7) is 3.38. The highest BCUT2D eigenvalue weighted by atomic mass is 16.5. The monoisotopic (exact) mass is 378 g/mol. The van der Waals surface area contributed by atoms with E-state index >= 15 is 0 Å². The first-order valence-corrected chi connectivity index (χ1v) is 9.61. The highest BCUT2D eigenvalue weighted by Gasteiger charge is 2.48. The highest BCUT2D eigenvalue weighted by Crippen LogP contribution is 2.46. The van der Waals surface area contributed by atoms with E-state index in [-0.39, 0.29) is 12.5 Å². The van der Waals surface area contributed by atoms with E-state index in [0.717, 1.165) is 17.7 Å². The van der Waals surface area contributed by atoms with Crippen molar-refractivity contribution >= 4 is 12.4 Å². The van der Waals surface area contributed by atoms with E-state index in [9.17, 15) is 10.4 Å². The largest absolute Gasteiger partial charge is 0.495 e. The Labute approximate surface area is 167 Å². The summed E-state index contributed by atoms with van der Waals surface area (Å²) in [6.07, 6.45) is 0.643. The lowest BCUT2D eigenvalue weighted by Gasteiger charge is -2.43. The summed E-state index contributed by atoms with van der Waals surface area (Å²) in [5, 5.41) is 24.2. The smallest absolute Gasteiger partial charge is 0.278 e. The van der Waals surface area contributed by atoms with Crippen molar-refractivity contribution in [2.45, 2.75) is 44.1 Å². The molecule has 146 valence electrons. The molecule has 0 bridgehead atoms. The molecule has 2 aromatic rings. The summed E-state index contributed by atoms with van der Waals surface area (Å²) in [5.74, 6) is 3.44. The number of aliphatic hydroxyl groups is 1. The van der Waals surface area contributed by atoms with Gasteiger partial charge < -0.3 is 19.9 Å². The van der Waals surface area contributed by atoms with Crippen LogP contribution in [0.5, 0.6) is 11.5 Å². The van der Waals surface area contributed by atoms with Gasteiger partial charge >= 0.3 is 0 Å². The number of rotatable bonds is 6. The molecule has 2 atom stereocenters. The standard InChI is InChI=1S/C22H27BN2O3/c1-22(2)21(26)20(23(14-24)11-10-15-8-6-5-7-9-15)16-12-19(27-4)17(25-3)13-18(16)28-22/h5-9,12-13,20-21,25-26H,10-11H2,1-4H3. The van der Waals surface area contributed by atoms with E-state index in [1.54, 1.807) is 7.11 Å². The first-order valence-electron chi connectivity index (χ1n) is 9.61. The maximum Gasteiger partial charge on any atom is 0.278 e. The van der Waals surface area contributed by atoms with Gasteiger partial charge in [-0.2, -0.15) is 0 Å². The maximum atomic E-state index is 11.1. The minimum atomic E-state index is -0.800. The number of methoxy groups -OCH3 is 1. The Bertz CT molecular complexity index is 864. The molecule has 0 radical (unpaired) electrons. The van der Waals surface area contributed by atoms with Gasteiger partial charge in [0.1, 0.15) is 17.1 Å². The third kappa shape index (κ3) is 3.81. The van der Waals surface area contributed by atoms with E-state index in [1.165, 1.54) is 5.56 Å². The third-order valence-corrected chi connectivity index (χ3v) is 5.57. The Morgan fingerprint density at radius 1 is 1.29 bits per heavy atom. The average Bonchev–Trinajstić information content (AvgIpc) is 2.70. The summed E-state index contributed by atoms with van der Waals surface area (Å²) >= 11 is 0. The summed E-state index contributed by atoms with van der Waals surface area (Å²) in [7, 11) is 3.43. The maximum absolute atomic E-state index is 11.1. The quantitative estimate of drug-likeness (QED) is 0.750. The van der Waals surface area contributed by atoms with Crippen molar-refractivity contribution in [3.05, 3.63) is 53.6 Å². The first-order chi connectivity index (χ1) is 13.4. The number of ether oxygens (including phenoxy) is 2. The molecule has 0 spiro atoms. The van der Waals surface area contributed by atoms with Crippen LogP contribution >= 0.6 is 0 Å². The van der Waals surface area contributed by atoms with Gasteiger partial charge in [0, 0.05) is 24.9 Å². The molecule has 1 heterocycles. The molecule has 0 aromatic heterocycles. The fraction of sp³-hybridized carbons (Fsp3) is 0.409. The van der Waals surface area contributed by atoms with Crippen molar-refractivity contribution in [2.24, 2.45) is 0 Å². The molecule has 0 saturated heterocycles. The second kappa shape index (κ2) is 8.16. The second-order valence-electron chi connectivity index (χ2n) is 7.78. The summed E-state index contributed by atoms with van der Waals surface area (Å²) < 4.78 is 11.6. The average molecular weight is 378 g/mol. The molecule has 6 heteroatoms. The second-order valence-corrected chi connectivity index (χ2v) is 7.78. The Balaban J connectivity index is 1.99. The van der Waals surface area contributed by atoms with Crippen LogP contribution in [0.3, 0.4) is 0 Å². The number of anilines is 1. The SMILES string of the molecule is CNc1cc2c(cc1OC)C(B(C#N)CCc1ccccc1)C(O)C(C)(C)O2. The number of aryl methyl sites for hydroxylation is 1. The molecule has 3 rings (SSSR count). The fourth-order valence-electron chi connectivity index (χ4n) is 3.96. The minimum Gasteiger partial charge on any atom is -0.495 e. The number of aliphatic hydroxyl groups excluding tert-OH is 1. The molecule has 0 amide bonds. The van der Waals surface area contributed by atoms with Gasteiger partial charge in [0.05, 0.1) is 18.9 Å². The summed E-state index contributed by atoms with van der Waals surface area (Å²) in [5.41, 5.74) is 2.03. The number of nitrogens with zero attached hydrogens (tertiary/aromatic N) is 1. The lowest BCUT2D eigenvalue weighted by molar-refractivity contribution is -0.0454. The zero-order valence-corrected chi connectivity index (χ0v) is 16.9. The molecule has 2 aromatic carbocycles. The van der Waals surface area contributed by atoms with E-state index in [1.807, 2.05) is 51.2 Å². The lowest BCUT2D eigenvalue weighted by Crippen LogP contribution is -2.52. The van der Waals surface area contributed by atoms with Gasteiger partial charge in [-0.15, -0.1) is 0 Å². The van der Waals surface area contributed by atoms with Crippen molar-refractivity contribution < 1.29 is 14.6 Å². The normalized spacial score (nSPS) is 19.7. The summed E-state index contributed by atoms with van der Waals surface area (Å²) in [6, 6.07) is 13.9. The van der Waals surface area contributed by atoms with Crippen molar-refractivity contribution in [1.82, 2.24) is 0 Å². The molecule has 2 N–H and O–H groups in total. The topological polar surface area (TPSA) is 74.5 Å². The van der Waals surface area contributed by atoms with Crippen LogP contribution in [0.2, 0.25) is 6.32 Å². The van der Waals surface area contributed by atoms with Gasteiger partial charge in [-0.1, -0.05) is 36.7 Å². The zero-order valence-electron chi connectivity index (χ0n) is 16.9. The molecular formula is C22H27BN2O3. The highest BCUT2D eigenvalue weighted by molar-refractivity contribution is 6.68. The van der Waals surface area contributed by atoms with Crippen LogP contribution in [-0.4, -0.2) is 37.7 Å². The molecule has 1 aliphatic heterocycles. The Kier molecular flexibility index (Phi) is 5.86. The predicted molar refractivity (Wildman–Crippen MR) is 112 cm³/mol. The number of fused-ring (bicyclic) bond motifs is 1. The molecule has 2 unspecified atom stereocenters. The van der Waals surface area contributed by atoms with Gasteiger partial charge in [0.15, 0.2) is 0 Å². The van der Waals surface area contributed by atoms with Crippen LogP contribution in [0.4, 0.5) is 5.69 Å². The van der Waals surface area contributed by atoms with E-state index in [4.69, 9.17) is 9.47 Å². The van der Waals surface area contributed by atoms with Crippen LogP contribution in [0.15, 0.2) is 42.5 Å². The number of benzene rings is 2. The third-order valence-electron chi connectivity index (χ3n) is 5.57. The molecule has 28 heavy (non-hydrogen) atoms. The van der Waals surface area contributed by atoms with Crippen LogP contribution < -0.4 is 14.8 Å². The Morgan fingerprint density at radius 3 is 2.61 bits per heavy atom. The van der Waals surface area contributed by atoms with Crippen molar-refractivity contribution in [2.75, 3.05) is 19.5 Å². The van der Waals surface area contributed by atoms with E-state index < -0.39 is 11.7 Å². The van der Waals surface area contributed by atoms with Gasteiger partial charge in [0.25, 0.3) is 6.71 Å². The van der Waals surface area contributed by atoms with Gasteiger partial charge in [-0.25, -0.2) is 5.26 Å². The molecule has 0 aliphatic carbocycles. The Hall–Kier alpha value is -2.65. The molecule has 0 saturated carbocycles. The number of nitriles is 1. The predicted octanol–water partition coefficient (Wildman–Crippen LogP) is 3.69. The minimum absolute atomic E-state index is 0.345. The molecule has 0 fully saturated rings. The van der Waals surface area contributed by atoms with Crippen molar-refractivity contribution in [3.63, 3.8) is 0 Å². The van der Waals surface area contributed by atoms with Gasteiger partial charge in [0.2, 0.25) is 0 Å². The van der Waals surface area contributed by atoms with Crippen LogP contribution in [-0.2, 0) is 6.42 Å². The van der Waals surface area contributed by atoms with Crippen molar-refractivity contribution in [3.8, 4) is 17.5 Å². The first kappa shape index (κ1) is 20.1. The lowest BCUT2D eigenvalue weighted by atomic mass is 9.36. The molecular weight excluding hydrogens is 351 g/mol. The number of hydrogen-bond donors (Lipinski definition) is 2. The van der Waals surface area contributed by atoms with Crippen LogP contribution in [0.25, 0.3) is 0 Å². The van der Waals surface area contributed by atoms with Crippen LogP contribution in [0, 0.1) is 11.2 Å². The van der Waals surface area contributed by atoms with Gasteiger partial charge in [-0.05, 0) is 37.5 Å². The fourth-order valence-corrected chi connectivity index (χ4v) is 3.96. The number of nitrogens with one attached hydrogen (secondary N) is 1. The van der Waals surface area contributed by atoms with Gasteiger partial charge in [-0.3, -0.25) is 0 Å². The summed E-state index contributed by atoms with van der Waals surface area (Å²) in [4.78, 5) is 0. The number of hydrogen-bond acceptors (Lipinski definition) is 5. The van der Waals surface area contributed by atoms with Crippen molar-refractivity contribution in [1.29, 1.82) is 5.26 Å². The van der Waals surface area contributed by atoms with E-state index in [0.29, 0.717) is 17.8 Å². The molecule has 5 nitrogen and oxygen atoms in total. The van der Waals surface area contributed by atoms with Crippen LogP contribution in [0.1, 0.15) is 30.8 Å².